The highest BCUT2D eigenvalue weighted by Crippen LogP contribution is 2.44. The van der Waals surface area contributed by atoms with Crippen LogP contribution in [0.4, 0.5) is 11.4 Å². The van der Waals surface area contributed by atoms with Crippen molar-refractivity contribution in [3.63, 3.8) is 0 Å². The van der Waals surface area contributed by atoms with Gasteiger partial charge in [-0.2, -0.15) is 0 Å². The Morgan fingerprint density at radius 2 is 0.919 bits per heavy atom. The van der Waals surface area contributed by atoms with Gasteiger partial charge in [0.1, 0.15) is 0 Å². The molecule has 0 heterocycles. The zero-order valence-electron chi connectivity index (χ0n) is 23.0. The first-order valence-corrected chi connectivity index (χ1v) is 13.8. The normalized spacial score (nSPS) is 13.5. The largest absolute Gasteiger partial charge is 0.331 e. The fraction of sp³-hybridized carbons (Fsp3) is 0.278. The van der Waals surface area contributed by atoms with E-state index >= 15 is 0 Å². The summed E-state index contributed by atoms with van der Waals surface area (Å²) >= 11 is 0. The average molecular weight is 486 g/mol. The van der Waals surface area contributed by atoms with E-state index in [0.29, 0.717) is 0 Å². The van der Waals surface area contributed by atoms with Crippen molar-refractivity contribution >= 4 is 32.9 Å². The van der Waals surface area contributed by atoms with Crippen LogP contribution in [0, 0.1) is 0 Å². The molecule has 5 rings (SSSR count). The molecule has 1 nitrogen and oxygen atoms in total. The number of benzene rings is 5. The summed E-state index contributed by atoms with van der Waals surface area (Å²) in [5.41, 5.74) is 5.21. The first-order chi connectivity index (χ1) is 17.9. The molecule has 0 radical (unpaired) electrons. The second-order valence-corrected chi connectivity index (χ2v) is 10.9. The summed E-state index contributed by atoms with van der Waals surface area (Å²) in [6, 6.07) is 40.5. The van der Waals surface area contributed by atoms with E-state index in [-0.39, 0.29) is 11.0 Å². The SMILES string of the molecule is CCC(C)(CC)c1ccc(C(C)(CC)N(c2ccc3ccccc3c2)c2ccc3ccccc3c2)cc1. The van der Waals surface area contributed by atoms with Crippen LogP contribution < -0.4 is 4.90 Å². The molecule has 0 aliphatic heterocycles. The quantitative estimate of drug-likeness (QED) is 0.211. The molecule has 1 unspecified atom stereocenters. The van der Waals surface area contributed by atoms with Gasteiger partial charge in [-0.1, -0.05) is 113 Å². The van der Waals surface area contributed by atoms with Gasteiger partial charge in [-0.15, -0.1) is 0 Å². The zero-order valence-corrected chi connectivity index (χ0v) is 23.0. The first kappa shape index (κ1) is 25.1. The second-order valence-electron chi connectivity index (χ2n) is 10.9. The van der Waals surface area contributed by atoms with Crippen molar-refractivity contribution in [3.8, 4) is 0 Å². The highest BCUT2D eigenvalue weighted by atomic mass is 15.2. The van der Waals surface area contributed by atoms with Gasteiger partial charge in [0.2, 0.25) is 0 Å². The van der Waals surface area contributed by atoms with Crippen LogP contribution in [0.5, 0.6) is 0 Å². The minimum Gasteiger partial charge on any atom is -0.331 e. The first-order valence-electron chi connectivity index (χ1n) is 13.8. The van der Waals surface area contributed by atoms with Gasteiger partial charge in [-0.05, 0) is 88.5 Å². The summed E-state index contributed by atoms with van der Waals surface area (Å²) in [7, 11) is 0. The molecule has 1 heteroatoms. The van der Waals surface area contributed by atoms with E-state index in [1.54, 1.807) is 0 Å². The molecule has 0 fully saturated rings. The molecule has 0 spiro atoms. The summed E-state index contributed by atoms with van der Waals surface area (Å²) in [4.78, 5) is 2.56. The van der Waals surface area contributed by atoms with Gasteiger partial charge in [0, 0.05) is 11.4 Å². The summed E-state index contributed by atoms with van der Waals surface area (Å²) in [6.45, 7) is 11.7. The Morgan fingerprint density at radius 3 is 1.35 bits per heavy atom. The van der Waals surface area contributed by atoms with Gasteiger partial charge in [0.15, 0.2) is 0 Å². The molecule has 0 N–H and O–H groups in total. The van der Waals surface area contributed by atoms with Crippen molar-refractivity contribution in [1.82, 2.24) is 0 Å². The van der Waals surface area contributed by atoms with Crippen LogP contribution >= 0.6 is 0 Å². The molecule has 5 aromatic carbocycles. The zero-order chi connectivity index (χ0) is 26.0. The lowest BCUT2D eigenvalue weighted by molar-refractivity contribution is 0.436. The van der Waals surface area contributed by atoms with Crippen LogP contribution in [-0.4, -0.2) is 0 Å². The summed E-state index contributed by atoms with van der Waals surface area (Å²) < 4.78 is 0. The fourth-order valence-electron chi connectivity index (χ4n) is 5.73. The van der Waals surface area contributed by atoms with Crippen molar-refractivity contribution in [2.75, 3.05) is 4.90 Å². The lowest BCUT2D eigenvalue weighted by atomic mass is 9.76. The molecule has 1 atom stereocenters. The number of hydrogen-bond acceptors (Lipinski definition) is 1. The third-order valence-corrected chi connectivity index (χ3v) is 8.93. The van der Waals surface area contributed by atoms with Gasteiger partial charge in [-0.25, -0.2) is 0 Å². The van der Waals surface area contributed by atoms with Crippen LogP contribution in [0.25, 0.3) is 21.5 Å². The predicted molar refractivity (Wildman–Crippen MR) is 162 cm³/mol. The van der Waals surface area contributed by atoms with Crippen molar-refractivity contribution in [1.29, 1.82) is 0 Å². The maximum atomic E-state index is 2.56. The minimum atomic E-state index is -0.224. The fourth-order valence-corrected chi connectivity index (χ4v) is 5.73. The molecule has 0 saturated heterocycles. The van der Waals surface area contributed by atoms with Gasteiger partial charge in [-0.3, -0.25) is 0 Å². The topological polar surface area (TPSA) is 3.24 Å². The molecule has 0 bridgehead atoms. The van der Waals surface area contributed by atoms with Gasteiger partial charge in [0.25, 0.3) is 0 Å². The van der Waals surface area contributed by atoms with Crippen LogP contribution in [0.15, 0.2) is 109 Å². The van der Waals surface area contributed by atoms with E-state index in [1.807, 2.05) is 0 Å². The van der Waals surface area contributed by atoms with E-state index in [0.717, 1.165) is 19.3 Å². The van der Waals surface area contributed by atoms with Crippen molar-refractivity contribution in [3.05, 3.63) is 120 Å². The summed E-state index contributed by atoms with van der Waals surface area (Å²) in [6.07, 6.45) is 3.27. The number of fused-ring (bicyclic) bond motifs is 2. The molecular formula is C36H39N. The smallest absolute Gasteiger partial charge is 0.0671 e. The third-order valence-electron chi connectivity index (χ3n) is 8.93. The Bertz CT molecular complexity index is 1430. The monoisotopic (exact) mass is 485 g/mol. The van der Waals surface area contributed by atoms with Crippen molar-refractivity contribution < 1.29 is 0 Å². The minimum absolute atomic E-state index is 0.220. The Balaban J connectivity index is 1.69. The molecule has 5 aromatic rings. The molecule has 37 heavy (non-hydrogen) atoms. The highest BCUT2D eigenvalue weighted by molar-refractivity contribution is 5.90. The summed E-state index contributed by atoms with van der Waals surface area (Å²) in [5.74, 6) is 0. The standard InChI is InChI=1S/C36H39N/c1-6-35(4,7-2)31-19-21-32(22-20-31)36(5,8-3)37(33-23-17-27-13-9-11-15-29(27)25-33)34-24-18-28-14-10-12-16-30(28)26-34/h9-26H,6-8H2,1-5H3. The van der Waals surface area contributed by atoms with Crippen molar-refractivity contribution in [2.45, 2.75) is 64.8 Å². The van der Waals surface area contributed by atoms with Gasteiger partial charge < -0.3 is 4.90 Å². The molecule has 0 saturated carbocycles. The number of rotatable bonds is 8. The maximum absolute atomic E-state index is 2.56. The van der Waals surface area contributed by atoms with E-state index in [9.17, 15) is 0 Å². The third kappa shape index (κ3) is 4.53. The molecule has 0 amide bonds. The predicted octanol–water partition coefficient (Wildman–Crippen LogP) is 10.5. The van der Waals surface area contributed by atoms with E-state index in [1.165, 1.54) is 44.0 Å². The molecule has 0 aliphatic carbocycles. The van der Waals surface area contributed by atoms with Gasteiger partial charge >= 0.3 is 0 Å². The average Bonchev–Trinajstić information content (AvgIpc) is 2.96. The molecule has 0 aromatic heterocycles. The van der Waals surface area contributed by atoms with E-state index in [4.69, 9.17) is 0 Å². The maximum Gasteiger partial charge on any atom is 0.0671 e. The Kier molecular flexibility index (Phi) is 6.82. The Morgan fingerprint density at radius 1 is 0.486 bits per heavy atom. The highest BCUT2D eigenvalue weighted by Gasteiger charge is 2.34. The molecule has 188 valence electrons. The Labute approximate surface area is 222 Å². The lowest BCUT2D eigenvalue weighted by Gasteiger charge is -2.44. The van der Waals surface area contributed by atoms with Gasteiger partial charge in [0.05, 0.1) is 5.54 Å². The Hall–Kier alpha value is -3.58. The second kappa shape index (κ2) is 10.1. The molecule has 0 aliphatic rings. The number of nitrogens with zero attached hydrogens (tertiary/aromatic N) is 1. The van der Waals surface area contributed by atoms with Crippen LogP contribution in [0.1, 0.15) is 65.0 Å². The number of hydrogen-bond donors (Lipinski definition) is 0. The van der Waals surface area contributed by atoms with Crippen LogP contribution in [-0.2, 0) is 11.0 Å². The lowest BCUT2D eigenvalue weighted by Crippen LogP contribution is -2.40. The molecular weight excluding hydrogens is 446 g/mol. The van der Waals surface area contributed by atoms with E-state index in [2.05, 4.69) is 149 Å². The van der Waals surface area contributed by atoms with Crippen LogP contribution in [0.2, 0.25) is 0 Å². The van der Waals surface area contributed by atoms with E-state index < -0.39 is 0 Å². The van der Waals surface area contributed by atoms with Crippen LogP contribution in [0.3, 0.4) is 0 Å². The number of anilines is 2. The van der Waals surface area contributed by atoms with Crippen molar-refractivity contribution in [2.24, 2.45) is 0 Å². The summed E-state index contributed by atoms with van der Waals surface area (Å²) in [5, 5.41) is 5.07.